The van der Waals surface area contributed by atoms with Crippen molar-refractivity contribution in [3.05, 3.63) is 175 Å². The van der Waals surface area contributed by atoms with E-state index in [4.69, 9.17) is 4.42 Å². The highest BCUT2D eigenvalue weighted by molar-refractivity contribution is 6.93. The van der Waals surface area contributed by atoms with E-state index < -0.39 is 0 Å². The predicted octanol–water partition coefficient (Wildman–Crippen LogP) is 16.5. The highest BCUT2D eigenvalue weighted by atomic mass is 16.3. The maximum Gasteiger partial charge on any atom is 0.333 e. The molecule has 3 nitrogen and oxygen atoms in total. The lowest BCUT2D eigenvalue weighted by Gasteiger charge is -2.47. The number of furan rings is 1. The van der Waals surface area contributed by atoms with Crippen molar-refractivity contribution in [1.29, 1.82) is 0 Å². The first-order valence-corrected chi connectivity index (χ1v) is 26.9. The quantitative estimate of drug-likeness (QED) is 0.161. The van der Waals surface area contributed by atoms with Crippen LogP contribution in [0.4, 0.5) is 11.4 Å². The summed E-state index contributed by atoms with van der Waals surface area (Å²) in [6.45, 7) is -0.0686. The van der Waals surface area contributed by atoms with Crippen molar-refractivity contribution in [2.75, 3.05) is 4.81 Å². The topological polar surface area (TPSA) is 21.3 Å². The summed E-state index contributed by atoms with van der Waals surface area (Å²) in [5, 5.41) is 5.25. The molecule has 0 atom stereocenters. The van der Waals surface area contributed by atoms with Crippen molar-refractivity contribution in [2.24, 2.45) is 11.8 Å². The van der Waals surface area contributed by atoms with Crippen LogP contribution >= 0.6 is 0 Å². The monoisotopic (exact) mass is 904 g/mol. The van der Waals surface area contributed by atoms with Gasteiger partial charge in [0, 0.05) is 50.2 Å². The number of fused-ring (bicyclic) bond motifs is 14. The predicted molar refractivity (Wildman–Crippen MR) is 293 cm³/mol. The van der Waals surface area contributed by atoms with Gasteiger partial charge in [-0.25, -0.2) is 0 Å². The highest BCUT2D eigenvalue weighted by Gasteiger charge is 2.48. The van der Waals surface area contributed by atoms with Gasteiger partial charge < -0.3 is 13.8 Å². The molecule has 340 valence electrons. The van der Waals surface area contributed by atoms with Crippen molar-refractivity contribution < 1.29 is 4.42 Å². The van der Waals surface area contributed by atoms with Crippen molar-refractivity contribution in [3.63, 3.8) is 0 Å². The van der Waals surface area contributed by atoms with Gasteiger partial charge in [-0.3, -0.25) is 0 Å². The maximum absolute atomic E-state index is 6.82. The maximum atomic E-state index is 6.82. The number of benzene rings is 8. The third-order valence-corrected chi connectivity index (χ3v) is 19.2. The van der Waals surface area contributed by atoms with E-state index in [-0.39, 0.29) is 12.3 Å². The molecule has 4 aliphatic carbocycles. The number of anilines is 2. The summed E-state index contributed by atoms with van der Waals surface area (Å²) in [5.74, 6) is 1.71. The van der Waals surface area contributed by atoms with Crippen LogP contribution in [0, 0.1) is 11.8 Å². The van der Waals surface area contributed by atoms with Crippen molar-refractivity contribution in [1.82, 2.24) is 4.57 Å². The number of nitrogens with zero attached hydrogens (tertiary/aromatic N) is 2. The Morgan fingerprint density at radius 1 is 0.457 bits per heavy atom. The number of hydrogen-bond donors (Lipinski definition) is 0. The van der Waals surface area contributed by atoms with E-state index in [1.165, 1.54) is 178 Å². The zero-order valence-electron chi connectivity index (χ0n) is 40.0. The Balaban J connectivity index is 1.03. The van der Waals surface area contributed by atoms with E-state index >= 15 is 0 Å². The van der Waals surface area contributed by atoms with E-state index in [1.807, 2.05) is 0 Å². The van der Waals surface area contributed by atoms with E-state index in [1.54, 1.807) is 11.1 Å². The molecule has 2 aromatic heterocycles. The summed E-state index contributed by atoms with van der Waals surface area (Å²) in [6, 6.07) is 63.4. The second kappa shape index (κ2) is 14.9. The molecular weight excluding hydrogens is 848 g/mol. The number of rotatable bonds is 5. The Bertz CT molecular complexity index is 3750. The second-order valence-electron chi connectivity index (χ2n) is 22.8. The van der Waals surface area contributed by atoms with E-state index in [0.717, 1.165) is 28.4 Å². The van der Waals surface area contributed by atoms with Gasteiger partial charge in [-0.1, -0.05) is 154 Å². The molecule has 4 saturated carbocycles. The minimum Gasteiger partial charge on any atom is -0.456 e. The average Bonchev–Trinajstić information content (AvgIpc) is 3.95. The molecule has 4 heterocycles. The first-order valence-electron chi connectivity index (χ1n) is 26.9. The van der Waals surface area contributed by atoms with Crippen LogP contribution < -0.4 is 15.7 Å². The third-order valence-electron chi connectivity index (χ3n) is 19.2. The largest absolute Gasteiger partial charge is 0.456 e. The van der Waals surface area contributed by atoms with Gasteiger partial charge in [0.15, 0.2) is 0 Å². The highest BCUT2D eigenvalue weighted by Crippen LogP contribution is 2.55. The van der Waals surface area contributed by atoms with E-state index in [9.17, 15) is 0 Å². The van der Waals surface area contributed by atoms with Gasteiger partial charge in [-0.15, -0.1) is 0 Å². The van der Waals surface area contributed by atoms with Crippen LogP contribution in [0.25, 0.3) is 82.8 Å². The van der Waals surface area contributed by atoms with Crippen LogP contribution in [-0.4, -0.2) is 11.4 Å². The van der Waals surface area contributed by atoms with Crippen LogP contribution in [-0.2, 0) is 10.8 Å². The third kappa shape index (κ3) is 5.71. The fraction of sp³-hybridized carbons (Fsp3) is 0.273. The molecule has 6 aliphatic rings. The Kier molecular flexibility index (Phi) is 8.50. The molecule has 2 aliphatic heterocycles. The summed E-state index contributed by atoms with van der Waals surface area (Å²) < 4.78 is 9.57. The van der Waals surface area contributed by atoms with E-state index in [2.05, 4.69) is 173 Å². The van der Waals surface area contributed by atoms with Crippen molar-refractivity contribution in [3.8, 4) is 39.1 Å². The SMILES string of the molecule is c1ccc(-c2ccc(N3B4c5c(cc(-c6ccccc6)cc5-n5c6ccc(C78CCCC(CCC7)C8)cc6c6cc(C78CCCC(CCC7)C8)cc4c65)-c4cc5c(cc43)oc3ccccc35)cc2)cc1. The molecule has 4 heteroatoms. The lowest BCUT2D eigenvalue weighted by Crippen LogP contribution is -2.61. The molecule has 16 rings (SSSR count). The fourth-order valence-corrected chi connectivity index (χ4v) is 16.1. The normalized spacial score (nSPS) is 23.3. The molecule has 10 aromatic rings. The fourth-order valence-electron chi connectivity index (χ4n) is 16.1. The zero-order valence-corrected chi connectivity index (χ0v) is 40.0. The number of para-hydroxylation sites is 1. The molecule has 0 spiro atoms. The standard InChI is InChI=1S/C66H57BN2O/c1-3-17-44(18-4-1)46-23-26-50(27-24-46)69-59-39-62-54(51-21-7-8-22-61(51)70-62)38-53(59)55-33-47(45-19-5-2-6-20-45)34-60-63(55)67(69)57-37-49(66-31-11-15-43(41-66)16-12-32-66)36-56-52-35-48(25-28-58(52)68(60)64(56)57)65-29-9-13-42(40-65)14-10-30-65/h1-8,17-28,33-39,42-43H,9-16,29-32,40-41H2. The van der Waals surface area contributed by atoms with Crippen LogP contribution in [0.1, 0.15) is 101 Å². The Labute approximate surface area is 411 Å². The smallest absolute Gasteiger partial charge is 0.333 e. The van der Waals surface area contributed by atoms with Crippen molar-refractivity contribution in [2.45, 2.75) is 101 Å². The van der Waals surface area contributed by atoms with Gasteiger partial charge in [-0.2, -0.15) is 0 Å². The summed E-state index contributed by atoms with van der Waals surface area (Å²) in [4.78, 5) is 2.72. The van der Waals surface area contributed by atoms with Crippen LogP contribution in [0.3, 0.4) is 0 Å². The Morgan fingerprint density at radius 2 is 1.09 bits per heavy atom. The van der Waals surface area contributed by atoms with Crippen LogP contribution in [0.2, 0.25) is 0 Å². The number of hydrogen-bond acceptors (Lipinski definition) is 2. The first kappa shape index (κ1) is 40.0. The van der Waals surface area contributed by atoms with Crippen LogP contribution in [0.15, 0.2) is 168 Å². The molecule has 0 radical (unpaired) electrons. The Morgan fingerprint density at radius 3 is 1.80 bits per heavy atom. The second-order valence-corrected chi connectivity index (χ2v) is 22.8. The molecule has 0 saturated heterocycles. The molecule has 4 fully saturated rings. The average molecular weight is 905 g/mol. The minimum absolute atomic E-state index is 0.0686. The van der Waals surface area contributed by atoms with Gasteiger partial charge in [0.25, 0.3) is 0 Å². The molecule has 0 amide bonds. The van der Waals surface area contributed by atoms with Gasteiger partial charge in [-0.05, 0) is 166 Å². The lowest BCUT2D eigenvalue weighted by atomic mass is 9.43. The molecule has 0 N–H and O–H groups in total. The molecule has 4 bridgehead atoms. The number of aromatic nitrogens is 1. The van der Waals surface area contributed by atoms with Gasteiger partial charge in [0.1, 0.15) is 11.2 Å². The summed E-state index contributed by atoms with van der Waals surface area (Å²) in [7, 11) is 0. The molecule has 70 heavy (non-hydrogen) atoms. The van der Waals surface area contributed by atoms with Gasteiger partial charge in [0.05, 0.1) is 11.0 Å². The first-order chi connectivity index (χ1) is 34.6. The van der Waals surface area contributed by atoms with Crippen molar-refractivity contribution >= 4 is 72.9 Å². The molecule has 8 aromatic carbocycles. The Hall–Kier alpha value is -6.78. The van der Waals surface area contributed by atoms with Crippen LogP contribution in [0.5, 0.6) is 0 Å². The molecular formula is C66H57BN2O. The van der Waals surface area contributed by atoms with Gasteiger partial charge >= 0.3 is 6.85 Å². The molecule has 0 unspecified atom stereocenters. The summed E-state index contributed by atoms with van der Waals surface area (Å²) >= 11 is 0. The lowest BCUT2D eigenvalue weighted by molar-refractivity contribution is 0.149. The minimum atomic E-state index is -0.0686. The van der Waals surface area contributed by atoms with E-state index in [0.29, 0.717) is 5.41 Å². The summed E-state index contributed by atoms with van der Waals surface area (Å²) in [5.41, 5.74) is 22.5. The van der Waals surface area contributed by atoms with Gasteiger partial charge in [0.2, 0.25) is 0 Å². The summed E-state index contributed by atoms with van der Waals surface area (Å²) in [6.07, 6.45) is 19.0. The zero-order chi connectivity index (χ0) is 45.7.